The van der Waals surface area contributed by atoms with E-state index in [2.05, 4.69) is 0 Å². The van der Waals surface area contributed by atoms with Gasteiger partial charge in [0.15, 0.2) is 0 Å². The Morgan fingerprint density at radius 1 is 0.667 bits per heavy atom. The topological polar surface area (TPSA) is 43.1 Å². The average molecular weight is 403 g/mol. The van der Waals surface area contributed by atoms with E-state index >= 15 is 0 Å². The fourth-order valence-electron chi connectivity index (χ4n) is 2.21. The van der Waals surface area contributed by atoms with E-state index in [1.54, 1.807) is 0 Å². The smallest absolute Gasteiger partial charge is 0.258 e. The van der Waals surface area contributed by atoms with E-state index in [4.69, 9.17) is 0 Å². The van der Waals surface area contributed by atoms with Crippen LogP contribution in [0.25, 0.3) is 11.1 Å². The summed E-state index contributed by atoms with van der Waals surface area (Å²) in [5.41, 5.74) is -7.96. The number of rotatable bonds is 2. The Bertz CT molecular complexity index is 850. The minimum Gasteiger partial charge on any atom is -0.258 e. The molecule has 2 aromatic carbocycles. The second-order valence-electron chi connectivity index (χ2n) is 5.28. The van der Waals surface area contributed by atoms with Gasteiger partial charge in [-0.1, -0.05) is 0 Å². The SMILES string of the molecule is O=[N+]([O-])c1cc(C(F)(F)F)ccc1-c1cc(C(F)(F)F)cc(C(F)(F)F)c1. The fraction of sp³-hybridized carbons (Fsp3) is 0.200. The van der Waals surface area contributed by atoms with Gasteiger partial charge in [0.1, 0.15) is 0 Å². The number of hydrogen-bond acceptors (Lipinski definition) is 2. The van der Waals surface area contributed by atoms with Gasteiger partial charge in [0.25, 0.3) is 5.69 Å². The summed E-state index contributed by atoms with van der Waals surface area (Å²) in [6, 6.07) is 1.03. The predicted octanol–water partition coefficient (Wildman–Crippen LogP) is 6.32. The molecule has 3 nitrogen and oxygen atoms in total. The molecule has 0 saturated carbocycles. The number of nitrogens with zero attached hydrogens (tertiary/aromatic N) is 1. The van der Waals surface area contributed by atoms with Crippen molar-refractivity contribution < 1.29 is 44.4 Å². The number of alkyl halides is 9. The van der Waals surface area contributed by atoms with E-state index in [1.165, 1.54) is 0 Å². The number of benzene rings is 2. The van der Waals surface area contributed by atoms with Crippen LogP contribution < -0.4 is 0 Å². The molecule has 0 N–H and O–H groups in total. The van der Waals surface area contributed by atoms with E-state index in [9.17, 15) is 49.6 Å². The molecule has 0 unspecified atom stereocenters. The van der Waals surface area contributed by atoms with Crippen molar-refractivity contribution in [2.75, 3.05) is 0 Å². The molecule has 0 saturated heterocycles. The highest BCUT2D eigenvalue weighted by molar-refractivity contribution is 5.75. The normalized spacial score (nSPS) is 12.9. The molecular weight excluding hydrogens is 397 g/mol. The van der Waals surface area contributed by atoms with Gasteiger partial charge >= 0.3 is 18.5 Å². The van der Waals surface area contributed by atoms with Crippen LogP contribution in [-0.4, -0.2) is 4.92 Å². The summed E-state index contributed by atoms with van der Waals surface area (Å²) in [5, 5.41) is 11.0. The second kappa shape index (κ2) is 6.43. The number of hydrogen-bond donors (Lipinski definition) is 0. The highest BCUT2D eigenvalue weighted by Gasteiger charge is 2.38. The molecule has 0 aliphatic rings. The van der Waals surface area contributed by atoms with Crippen LogP contribution in [-0.2, 0) is 18.5 Å². The van der Waals surface area contributed by atoms with Gasteiger partial charge in [0.05, 0.1) is 27.2 Å². The van der Waals surface area contributed by atoms with Crippen LogP contribution in [0.15, 0.2) is 36.4 Å². The van der Waals surface area contributed by atoms with Gasteiger partial charge in [0, 0.05) is 6.07 Å². The van der Waals surface area contributed by atoms with Crippen molar-refractivity contribution in [3.8, 4) is 11.1 Å². The predicted molar refractivity (Wildman–Crippen MR) is 73.5 cm³/mol. The Balaban J connectivity index is 2.79. The molecule has 146 valence electrons. The third-order valence-electron chi connectivity index (χ3n) is 3.42. The summed E-state index contributed by atoms with van der Waals surface area (Å²) in [5.74, 6) is 0. The number of nitro groups is 1. The van der Waals surface area contributed by atoms with Crippen LogP contribution in [0.2, 0.25) is 0 Å². The lowest BCUT2D eigenvalue weighted by Gasteiger charge is -2.15. The van der Waals surface area contributed by atoms with Crippen molar-refractivity contribution in [1.82, 2.24) is 0 Å². The lowest BCUT2D eigenvalue weighted by Crippen LogP contribution is -2.11. The molecule has 12 heteroatoms. The first-order chi connectivity index (χ1) is 12.1. The zero-order valence-corrected chi connectivity index (χ0v) is 12.6. The molecule has 0 amide bonds. The maximum atomic E-state index is 12.9. The maximum absolute atomic E-state index is 12.9. The first kappa shape index (κ1) is 20.5. The monoisotopic (exact) mass is 403 g/mol. The van der Waals surface area contributed by atoms with Crippen LogP contribution >= 0.6 is 0 Å². The van der Waals surface area contributed by atoms with E-state index < -0.39 is 57.0 Å². The van der Waals surface area contributed by atoms with Crippen LogP contribution in [0.1, 0.15) is 16.7 Å². The lowest BCUT2D eigenvalue weighted by molar-refractivity contribution is -0.384. The zero-order chi connectivity index (χ0) is 20.8. The van der Waals surface area contributed by atoms with Gasteiger partial charge < -0.3 is 0 Å². The number of halogens is 9. The molecule has 0 bridgehead atoms. The van der Waals surface area contributed by atoms with E-state index in [1.807, 2.05) is 0 Å². The minimum atomic E-state index is -5.21. The van der Waals surface area contributed by atoms with Crippen molar-refractivity contribution >= 4 is 5.69 Å². The van der Waals surface area contributed by atoms with Gasteiger partial charge in [-0.3, -0.25) is 10.1 Å². The van der Waals surface area contributed by atoms with Crippen molar-refractivity contribution in [2.24, 2.45) is 0 Å². The third-order valence-corrected chi connectivity index (χ3v) is 3.42. The summed E-state index contributed by atoms with van der Waals surface area (Å²) in [4.78, 5) is 9.71. The minimum absolute atomic E-state index is 0.0445. The summed E-state index contributed by atoms with van der Waals surface area (Å²) >= 11 is 0. The van der Waals surface area contributed by atoms with Crippen LogP contribution in [0.3, 0.4) is 0 Å². The molecule has 2 rings (SSSR count). The van der Waals surface area contributed by atoms with Gasteiger partial charge in [0.2, 0.25) is 0 Å². The second-order valence-corrected chi connectivity index (χ2v) is 5.28. The first-order valence-corrected chi connectivity index (χ1v) is 6.76. The van der Waals surface area contributed by atoms with Gasteiger partial charge in [-0.2, -0.15) is 39.5 Å². The molecular formula is C15H6F9NO2. The van der Waals surface area contributed by atoms with Gasteiger partial charge in [-0.25, -0.2) is 0 Å². The molecule has 27 heavy (non-hydrogen) atoms. The Morgan fingerprint density at radius 2 is 1.11 bits per heavy atom. The lowest BCUT2D eigenvalue weighted by atomic mass is 9.96. The van der Waals surface area contributed by atoms with Crippen molar-refractivity contribution in [1.29, 1.82) is 0 Å². The van der Waals surface area contributed by atoms with Crippen molar-refractivity contribution in [3.63, 3.8) is 0 Å². The molecule has 0 radical (unpaired) electrons. The average Bonchev–Trinajstić information content (AvgIpc) is 2.51. The summed E-state index contributed by atoms with van der Waals surface area (Å²) in [7, 11) is 0. The molecule has 0 spiro atoms. The summed E-state index contributed by atoms with van der Waals surface area (Å²) in [6.45, 7) is 0. The van der Waals surface area contributed by atoms with E-state index in [0.29, 0.717) is 12.1 Å². The van der Waals surface area contributed by atoms with Crippen LogP contribution in [0, 0.1) is 10.1 Å². The largest absolute Gasteiger partial charge is 0.416 e. The highest BCUT2D eigenvalue weighted by Crippen LogP contribution is 2.42. The first-order valence-electron chi connectivity index (χ1n) is 6.76. The highest BCUT2D eigenvalue weighted by atomic mass is 19.4. The molecule has 0 aromatic heterocycles. The zero-order valence-electron chi connectivity index (χ0n) is 12.6. The third kappa shape index (κ3) is 4.49. The van der Waals surface area contributed by atoms with Crippen LogP contribution in [0.5, 0.6) is 0 Å². The Morgan fingerprint density at radius 3 is 1.48 bits per heavy atom. The molecule has 0 fully saturated rings. The molecule has 0 aliphatic carbocycles. The summed E-state index contributed by atoms with van der Waals surface area (Å²) < 4.78 is 115. The van der Waals surface area contributed by atoms with Gasteiger partial charge in [-0.15, -0.1) is 0 Å². The fourth-order valence-corrected chi connectivity index (χ4v) is 2.21. The quantitative estimate of drug-likeness (QED) is 0.335. The van der Waals surface area contributed by atoms with Gasteiger partial charge in [-0.05, 0) is 35.9 Å². The molecule has 0 heterocycles. The molecule has 0 aliphatic heterocycles. The van der Waals surface area contributed by atoms with E-state index in [0.717, 1.165) is 0 Å². The summed E-state index contributed by atoms with van der Waals surface area (Å²) in [6.07, 6.45) is -15.4. The van der Waals surface area contributed by atoms with Crippen LogP contribution in [0.4, 0.5) is 45.2 Å². The Labute approximate surface area is 144 Å². The molecule has 2 aromatic rings. The van der Waals surface area contributed by atoms with Crippen molar-refractivity contribution in [2.45, 2.75) is 18.5 Å². The number of nitro benzene ring substituents is 1. The Hall–Kier alpha value is -2.79. The standard InChI is InChI=1S/C15H6F9NO2/c16-13(17,18)8-1-2-11(12(6-8)25(26)27)7-3-9(14(19,20)21)5-10(4-7)15(22,23)24/h1-6H. The Kier molecular flexibility index (Phi) is 4.88. The molecule has 0 atom stereocenters. The van der Waals surface area contributed by atoms with E-state index in [-0.39, 0.29) is 24.3 Å². The maximum Gasteiger partial charge on any atom is 0.416 e. The van der Waals surface area contributed by atoms with Crippen molar-refractivity contribution in [3.05, 3.63) is 63.2 Å².